The Morgan fingerprint density at radius 1 is 1.41 bits per heavy atom. The number of nitrogens with zero attached hydrogens (tertiary/aromatic N) is 1. The summed E-state index contributed by atoms with van der Waals surface area (Å²) < 4.78 is 4.91. The van der Waals surface area contributed by atoms with Crippen molar-refractivity contribution in [3.63, 3.8) is 0 Å². The van der Waals surface area contributed by atoms with Gasteiger partial charge in [-0.1, -0.05) is 6.92 Å². The van der Waals surface area contributed by atoms with E-state index in [9.17, 15) is 9.59 Å². The zero-order valence-electron chi connectivity index (χ0n) is 10.9. The van der Waals surface area contributed by atoms with Gasteiger partial charge in [0.25, 0.3) is 0 Å². The van der Waals surface area contributed by atoms with Crippen LogP contribution in [0.1, 0.15) is 20.3 Å². The van der Waals surface area contributed by atoms with E-state index in [0.29, 0.717) is 6.61 Å². The third-order valence-corrected chi connectivity index (χ3v) is 2.44. The van der Waals surface area contributed by atoms with Crippen molar-refractivity contribution in [1.82, 2.24) is 10.2 Å². The standard InChI is InChI=1S/C11H22N2O4/c1-8(10(14)15)7-13(3)11(16)12-9(2)5-6-17-4/h8-9H,5-7H2,1-4H3,(H,12,16)(H,14,15). The molecule has 2 atom stereocenters. The minimum Gasteiger partial charge on any atom is -0.481 e. The highest BCUT2D eigenvalue weighted by Crippen LogP contribution is 1.99. The SMILES string of the molecule is COCCC(C)NC(=O)N(C)CC(C)C(=O)O. The average Bonchev–Trinajstić information content (AvgIpc) is 2.25. The lowest BCUT2D eigenvalue weighted by Crippen LogP contribution is -2.44. The predicted molar refractivity (Wildman–Crippen MR) is 63.9 cm³/mol. The molecule has 0 fully saturated rings. The normalized spacial score (nSPS) is 13.9. The Bertz CT molecular complexity index is 258. The van der Waals surface area contributed by atoms with Crippen LogP contribution in [0.5, 0.6) is 0 Å². The zero-order chi connectivity index (χ0) is 13.4. The smallest absolute Gasteiger partial charge is 0.317 e. The molecule has 0 aliphatic rings. The Morgan fingerprint density at radius 2 is 2.00 bits per heavy atom. The molecule has 2 amide bonds. The van der Waals surface area contributed by atoms with Gasteiger partial charge in [-0.2, -0.15) is 0 Å². The fraction of sp³-hybridized carbons (Fsp3) is 0.818. The topological polar surface area (TPSA) is 78.9 Å². The number of carboxylic acids is 1. The maximum absolute atomic E-state index is 11.7. The van der Waals surface area contributed by atoms with Crippen LogP contribution in [0, 0.1) is 5.92 Å². The van der Waals surface area contributed by atoms with E-state index in [2.05, 4.69) is 5.32 Å². The third kappa shape index (κ3) is 6.78. The molecule has 6 heteroatoms. The Morgan fingerprint density at radius 3 is 2.47 bits per heavy atom. The van der Waals surface area contributed by atoms with E-state index in [1.165, 1.54) is 4.90 Å². The molecule has 2 N–H and O–H groups in total. The molecule has 0 saturated carbocycles. The molecule has 0 rings (SSSR count). The van der Waals surface area contributed by atoms with E-state index in [4.69, 9.17) is 9.84 Å². The number of carboxylic acid groups (broad SMARTS) is 1. The summed E-state index contributed by atoms with van der Waals surface area (Å²) in [4.78, 5) is 23.7. The Hall–Kier alpha value is -1.30. The Kier molecular flexibility index (Phi) is 7.29. The fourth-order valence-corrected chi connectivity index (χ4v) is 1.26. The molecule has 2 unspecified atom stereocenters. The summed E-state index contributed by atoms with van der Waals surface area (Å²) in [5.41, 5.74) is 0. The van der Waals surface area contributed by atoms with Crippen LogP contribution < -0.4 is 5.32 Å². The first-order valence-electron chi connectivity index (χ1n) is 5.61. The summed E-state index contributed by atoms with van der Waals surface area (Å²) in [6, 6.07) is -0.258. The number of rotatable bonds is 7. The summed E-state index contributed by atoms with van der Waals surface area (Å²) in [6.45, 7) is 4.22. The molecular weight excluding hydrogens is 224 g/mol. The second-order valence-corrected chi connectivity index (χ2v) is 4.25. The lowest BCUT2D eigenvalue weighted by Gasteiger charge is -2.22. The van der Waals surface area contributed by atoms with Gasteiger partial charge in [0.1, 0.15) is 0 Å². The summed E-state index contributed by atoms with van der Waals surface area (Å²) in [6.07, 6.45) is 0.727. The number of carbonyl (C=O) groups is 2. The van der Waals surface area contributed by atoms with E-state index < -0.39 is 11.9 Å². The van der Waals surface area contributed by atoms with Crippen molar-refractivity contribution >= 4 is 12.0 Å². The molecule has 100 valence electrons. The summed E-state index contributed by atoms with van der Waals surface area (Å²) >= 11 is 0. The maximum Gasteiger partial charge on any atom is 0.317 e. The van der Waals surface area contributed by atoms with Gasteiger partial charge in [-0.05, 0) is 13.3 Å². The van der Waals surface area contributed by atoms with Crippen LogP contribution in [0.4, 0.5) is 4.79 Å². The van der Waals surface area contributed by atoms with E-state index >= 15 is 0 Å². The largest absolute Gasteiger partial charge is 0.481 e. The zero-order valence-corrected chi connectivity index (χ0v) is 10.9. The number of ether oxygens (including phenoxy) is 1. The van der Waals surface area contributed by atoms with Crippen LogP contribution in [0.2, 0.25) is 0 Å². The highest BCUT2D eigenvalue weighted by Gasteiger charge is 2.18. The van der Waals surface area contributed by atoms with Crippen molar-refractivity contribution in [2.45, 2.75) is 26.3 Å². The predicted octanol–water partition coefficient (Wildman–Crippen LogP) is 0.773. The number of methoxy groups -OCH3 is 1. The molecule has 0 aromatic rings. The summed E-state index contributed by atoms with van der Waals surface area (Å²) in [5, 5.41) is 11.5. The number of urea groups is 1. The summed E-state index contributed by atoms with van der Waals surface area (Å²) in [5.74, 6) is -1.47. The van der Waals surface area contributed by atoms with Gasteiger partial charge >= 0.3 is 12.0 Å². The van der Waals surface area contributed by atoms with Crippen molar-refractivity contribution < 1.29 is 19.4 Å². The van der Waals surface area contributed by atoms with Crippen molar-refractivity contribution in [3.05, 3.63) is 0 Å². The second kappa shape index (κ2) is 7.89. The number of aliphatic carboxylic acids is 1. The van der Waals surface area contributed by atoms with Gasteiger partial charge in [0.05, 0.1) is 5.92 Å². The van der Waals surface area contributed by atoms with E-state index in [1.807, 2.05) is 6.92 Å². The Balaban J connectivity index is 4.00. The molecule has 0 spiro atoms. The van der Waals surface area contributed by atoms with Gasteiger partial charge in [-0.3, -0.25) is 4.79 Å². The first-order valence-corrected chi connectivity index (χ1v) is 5.61. The second-order valence-electron chi connectivity index (χ2n) is 4.25. The molecule has 0 aromatic heterocycles. The molecular formula is C11H22N2O4. The minimum atomic E-state index is -0.905. The third-order valence-electron chi connectivity index (χ3n) is 2.44. The number of carbonyl (C=O) groups excluding carboxylic acids is 1. The molecule has 0 aromatic carbocycles. The molecule has 0 radical (unpaired) electrons. The van der Waals surface area contributed by atoms with Crippen LogP contribution >= 0.6 is 0 Å². The molecule has 0 bridgehead atoms. The number of hydrogen-bond donors (Lipinski definition) is 2. The Labute approximate surface area is 102 Å². The first-order chi connectivity index (χ1) is 7.88. The first kappa shape index (κ1) is 15.7. The number of amides is 2. The van der Waals surface area contributed by atoms with Gasteiger partial charge in [0.15, 0.2) is 0 Å². The quantitative estimate of drug-likeness (QED) is 0.695. The van der Waals surface area contributed by atoms with Crippen LogP contribution in [0.3, 0.4) is 0 Å². The van der Waals surface area contributed by atoms with Gasteiger partial charge in [-0.25, -0.2) is 4.79 Å². The van der Waals surface area contributed by atoms with E-state index in [1.54, 1.807) is 21.1 Å². The average molecular weight is 246 g/mol. The van der Waals surface area contributed by atoms with Gasteiger partial charge in [0, 0.05) is 33.4 Å². The van der Waals surface area contributed by atoms with Crippen molar-refractivity contribution in [1.29, 1.82) is 0 Å². The summed E-state index contributed by atoms with van der Waals surface area (Å²) in [7, 11) is 3.19. The lowest BCUT2D eigenvalue weighted by atomic mass is 10.2. The van der Waals surface area contributed by atoms with Crippen LogP contribution in [-0.2, 0) is 9.53 Å². The minimum absolute atomic E-state index is 0.00466. The van der Waals surface area contributed by atoms with E-state index in [0.717, 1.165) is 6.42 Å². The molecule has 0 aliphatic carbocycles. The highest BCUT2D eigenvalue weighted by atomic mass is 16.5. The molecule has 0 heterocycles. The molecule has 6 nitrogen and oxygen atoms in total. The fourth-order valence-electron chi connectivity index (χ4n) is 1.26. The van der Waals surface area contributed by atoms with Crippen molar-refractivity contribution in [2.75, 3.05) is 27.3 Å². The highest BCUT2D eigenvalue weighted by molar-refractivity contribution is 5.75. The maximum atomic E-state index is 11.7. The molecule has 17 heavy (non-hydrogen) atoms. The van der Waals surface area contributed by atoms with Crippen LogP contribution in [0.15, 0.2) is 0 Å². The van der Waals surface area contributed by atoms with E-state index in [-0.39, 0.29) is 18.6 Å². The molecule has 0 aliphatic heterocycles. The number of nitrogens with one attached hydrogen (secondary N) is 1. The van der Waals surface area contributed by atoms with Gasteiger partial charge < -0.3 is 20.1 Å². The molecule has 0 saturated heterocycles. The monoisotopic (exact) mass is 246 g/mol. The van der Waals surface area contributed by atoms with Crippen LogP contribution in [-0.4, -0.2) is 55.4 Å². The number of hydrogen-bond acceptors (Lipinski definition) is 3. The van der Waals surface area contributed by atoms with Gasteiger partial charge in [0.2, 0.25) is 0 Å². The van der Waals surface area contributed by atoms with Crippen molar-refractivity contribution in [2.24, 2.45) is 5.92 Å². The van der Waals surface area contributed by atoms with Crippen molar-refractivity contribution in [3.8, 4) is 0 Å². The van der Waals surface area contributed by atoms with Gasteiger partial charge in [-0.15, -0.1) is 0 Å². The van der Waals surface area contributed by atoms with Crippen LogP contribution in [0.25, 0.3) is 0 Å². The lowest BCUT2D eigenvalue weighted by molar-refractivity contribution is -0.141.